The topological polar surface area (TPSA) is 76.2 Å². The molecule has 0 radical (unpaired) electrons. The van der Waals surface area contributed by atoms with Crippen LogP contribution in [0.15, 0.2) is 47.3 Å². The van der Waals surface area contributed by atoms with E-state index in [9.17, 15) is 4.79 Å². The highest BCUT2D eigenvalue weighted by Crippen LogP contribution is 2.23. The van der Waals surface area contributed by atoms with Crippen LogP contribution in [0.3, 0.4) is 0 Å². The van der Waals surface area contributed by atoms with E-state index in [0.717, 1.165) is 16.5 Å². The zero-order valence-electron chi connectivity index (χ0n) is 9.91. The number of furan rings is 1. The van der Waals surface area contributed by atoms with E-state index < -0.39 is 5.97 Å². The van der Waals surface area contributed by atoms with Gasteiger partial charge in [0.05, 0.1) is 30.3 Å². The molecule has 19 heavy (non-hydrogen) atoms. The third-order valence-corrected chi connectivity index (χ3v) is 2.79. The van der Waals surface area contributed by atoms with Crippen molar-refractivity contribution in [3.63, 3.8) is 0 Å². The molecule has 0 fully saturated rings. The Labute approximate surface area is 108 Å². The lowest BCUT2D eigenvalue weighted by molar-refractivity contribution is -0.136. The number of carbonyl (C=O) groups is 1. The number of carboxylic acid groups (broad SMARTS) is 1. The molecule has 0 saturated carbocycles. The van der Waals surface area contributed by atoms with E-state index in [2.05, 4.69) is 9.97 Å². The highest BCUT2D eigenvalue weighted by molar-refractivity contribution is 5.82. The van der Waals surface area contributed by atoms with Crippen LogP contribution in [0.5, 0.6) is 0 Å². The molecule has 94 valence electrons. The number of rotatable bonds is 3. The number of carboxylic acids is 1. The van der Waals surface area contributed by atoms with Crippen LogP contribution in [0, 0.1) is 0 Å². The minimum absolute atomic E-state index is 0.117. The normalized spacial score (nSPS) is 10.7. The second-order valence-electron chi connectivity index (χ2n) is 4.14. The molecule has 0 spiro atoms. The summed E-state index contributed by atoms with van der Waals surface area (Å²) in [5.41, 5.74) is 2.89. The van der Waals surface area contributed by atoms with E-state index in [0.29, 0.717) is 11.4 Å². The number of aliphatic carboxylic acids is 1. The first-order valence-corrected chi connectivity index (χ1v) is 5.73. The van der Waals surface area contributed by atoms with Crippen LogP contribution < -0.4 is 0 Å². The lowest BCUT2D eigenvalue weighted by Crippen LogP contribution is -2.02. The smallest absolute Gasteiger partial charge is 0.309 e. The van der Waals surface area contributed by atoms with E-state index in [1.54, 1.807) is 12.5 Å². The summed E-state index contributed by atoms with van der Waals surface area (Å²) in [6, 6.07) is 7.61. The Balaban J connectivity index is 1.94. The van der Waals surface area contributed by atoms with Gasteiger partial charge >= 0.3 is 5.97 Å². The summed E-state index contributed by atoms with van der Waals surface area (Å²) in [7, 11) is 0. The first-order chi connectivity index (χ1) is 9.22. The summed E-state index contributed by atoms with van der Waals surface area (Å²) in [6.07, 6.45) is 4.59. The third kappa shape index (κ3) is 2.30. The molecule has 1 aromatic carbocycles. The molecule has 0 amide bonds. The maximum atomic E-state index is 10.6. The highest BCUT2D eigenvalue weighted by atomic mass is 16.4. The summed E-state index contributed by atoms with van der Waals surface area (Å²) in [4.78, 5) is 18.9. The van der Waals surface area contributed by atoms with Gasteiger partial charge in [-0.15, -0.1) is 0 Å². The average molecular weight is 254 g/mol. The Hall–Kier alpha value is -2.69. The Kier molecular flexibility index (Phi) is 2.72. The van der Waals surface area contributed by atoms with Crippen LogP contribution in [0.1, 0.15) is 5.69 Å². The van der Waals surface area contributed by atoms with Crippen molar-refractivity contribution in [2.75, 3.05) is 0 Å². The van der Waals surface area contributed by atoms with Crippen molar-refractivity contribution in [1.82, 2.24) is 9.97 Å². The number of nitrogens with zero attached hydrogens (tertiary/aromatic N) is 2. The molecule has 1 N–H and O–H groups in total. The average Bonchev–Trinajstić information content (AvgIpc) is 2.86. The van der Waals surface area contributed by atoms with Crippen LogP contribution in [-0.2, 0) is 11.2 Å². The van der Waals surface area contributed by atoms with Gasteiger partial charge in [-0.2, -0.15) is 0 Å². The van der Waals surface area contributed by atoms with Crippen molar-refractivity contribution < 1.29 is 14.3 Å². The van der Waals surface area contributed by atoms with Crippen molar-refractivity contribution >= 4 is 16.9 Å². The molecule has 3 aromatic rings. The molecule has 3 rings (SSSR count). The van der Waals surface area contributed by atoms with Gasteiger partial charge in [-0.3, -0.25) is 14.8 Å². The molecule has 0 aliphatic carbocycles. The van der Waals surface area contributed by atoms with E-state index in [1.807, 2.05) is 24.3 Å². The zero-order chi connectivity index (χ0) is 13.2. The van der Waals surface area contributed by atoms with E-state index in [4.69, 9.17) is 9.52 Å². The van der Waals surface area contributed by atoms with Gasteiger partial charge in [0.1, 0.15) is 5.58 Å². The SMILES string of the molecule is O=C(O)Cc1cnc(-c2ccc3occc3c2)cn1. The molecule has 5 heteroatoms. The van der Waals surface area contributed by atoms with Gasteiger partial charge in [0.2, 0.25) is 0 Å². The lowest BCUT2D eigenvalue weighted by Gasteiger charge is -2.01. The van der Waals surface area contributed by atoms with Crippen LogP contribution >= 0.6 is 0 Å². The Morgan fingerprint density at radius 2 is 2.11 bits per heavy atom. The molecular weight excluding hydrogens is 244 g/mol. The first-order valence-electron chi connectivity index (χ1n) is 5.73. The quantitative estimate of drug-likeness (QED) is 0.777. The Morgan fingerprint density at radius 3 is 2.84 bits per heavy atom. The number of hydrogen-bond donors (Lipinski definition) is 1. The minimum atomic E-state index is -0.915. The van der Waals surface area contributed by atoms with Crippen molar-refractivity contribution in [3.05, 3.63) is 48.6 Å². The molecule has 0 unspecified atom stereocenters. The molecule has 0 saturated heterocycles. The fraction of sp³-hybridized carbons (Fsp3) is 0.0714. The molecule has 0 atom stereocenters. The Bertz CT molecular complexity index is 732. The number of fused-ring (bicyclic) bond motifs is 1. The van der Waals surface area contributed by atoms with E-state index >= 15 is 0 Å². The van der Waals surface area contributed by atoms with Crippen LogP contribution in [0.25, 0.3) is 22.2 Å². The fourth-order valence-electron chi connectivity index (χ4n) is 1.88. The molecule has 0 aliphatic heterocycles. The summed E-state index contributed by atoms with van der Waals surface area (Å²) < 4.78 is 5.27. The van der Waals surface area contributed by atoms with Crippen molar-refractivity contribution in [1.29, 1.82) is 0 Å². The zero-order valence-corrected chi connectivity index (χ0v) is 9.91. The summed E-state index contributed by atoms with van der Waals surface area (Å²) >= 11 is 0. The van der Waals surface area contributed by atoms with Crippen molar-refractivity contribution in [2.24, 2.45) is 0 Å². The van der Waals surface area contributed by atoms with Gasteiger partial charge in [-0.05, 0) is 24.3 Å². The third-order valence-electron chi connectivity index (χ3n) is 2.79. The molecule has 5 nitrogen and oxygen atoms in total. The van der Waals surface area contributed by atoms with Gasteiger partial charge in [0.15, 0.2) is 0 Å². The number of hydrogen-bond acceptors (Lipinski definition) is 4. The fourth-order valence-corrected chi connectivity index (χ4v) is 1.88. The molecule has 0 bridgehead atoms. The molecular formula is C14H10N2O3. The molecule has 2 aromatic heterocycles. The maximum absolute atomic E-state index is 10.6. The van der Waals surface area contributed by atoms with Gasteiger partial charge in [0, 0.05) is 17.1 Å². The minimum Gasteiger partial charge on any atom is -0.481 e. The largest absolute Gasteiger partial charge is 0.481 e. The van der Waals surface area contributed by atoms with Crippen molar-refractivity contribution in [2.45, 2.75) is 6.42 Å². The lowest BCUT2D eigenvalue weighted by atomic mass is 10.1. The second kappa shape index (κ2) is 4.53. The predicted molar refractivity (Wildman–Crippen MR) is 68.6 cm³/mol. The summed E-state index contributed by atoms with van der Waals surface area (Å²) in [5, 5.41) is 9.66. The summed E-state index contributed by atoms with van der Waals surface area (Å²) in [6.45, 7) is 0. The second-order valence-corrected chi connectivity index (χ2v) is 4.14. The maximum Gasteiger partial charge on any atom is 0.309 e. The number of aromatic nitrogens is 2. The van der Waals surface area contributed by atoms with E-state index in [1.165, 1.54) is 6.20 Å². The highest BCUT2D eigenvalue weighted by Gasteiger charge is 2.05. The molecule has 2 heterocycles. The van der Waals surface area contributed by atoms with Gasteiger partial charge < -0.3 is 9.52 Å². The van der Waals surface area contributed by atoms with Crippen LogP contribution in [-0.4, -0.2) is 21.0 Å². The summed E-state index contributed by atoms with van der Waals surface area (Å²) in [5.74, 6) is -0.915. The number of benzene rings is 1. The predicted octanol–water partition coefficient (Wildman–Crippen LogP) is 2.52. The van der Waals surface area contributed by atoms with Crippen molar-refractivity contribution in [3.8, 4) is 11.3 Å². The molecule has 0 aliphatic rings. The van der Waals surface area contributed by atoms with Crippen LogP contribution in [0.2, 0.25) is 0 Å². The Morgan fingerprint density at radius 1 is 1.21 bits per heavy atom. The van der Waals surface area contributed by atoms with Gasteiger partial charge in [-0.25, -0.2) is 0 Å². The van der Waals surface area contributed by atoms with Crippen LogP contribution in [0.4, 0.5) is 0 Å². The van der Waals surface area contributed by atoms with Gasteiger partial charge in [0.25, 0.3) is 0 Å². The standard InChI is InChI=1S/C14H10N2O3/c17-14(18)6-11-7-16-12(8-15-11)9-1-2-13-10(5-9)3-4-19-13/h1-5,7-8H,6H2,(H,17,18). The van der Waals surface area contributed by atoms with Gasteiger partial charge in [-0.1, -0.05) is 0 Å². The van der Waals surface area contributed by atoms with E-state index in [-0.39, 0.29) is 6.42 Å². The monoisotopic (exact) mass is 254 g/mol. The first kappa shape index (κ1) is 11.4.